The van der Waals surface area contributed by atoms with E-state index in [0.717, 1.165) is 64.2 Å². The molecule has 0 bridgehead atoms. The number of rotatable bonds is 12. The normalized spacial score (nSPS) is 23.5. The summed E-state index contributed by atoms with van der Waals surface area (Å²) in [6.45, 7) is 18.3. The van der Waals surface area contributed by atoms with E-state index in [1.165, 1.54) is 19.3 Å². The number of carbonyl (C=O) groups excluding carboxylic acids is 2. The monoisotopic (exact) mass is 492 g/mol. The highest BCUT2D eigenvalue weighted by Crippen LogP contribution is 2.47. The van der Waals surface area contributed by atoms with Crippen molar-refractivity contribution < 1.29 is 19.1 Å². The first-order valence-corrected chi connectivity index (χ1v) is 14.5. The second-order valence-corrected chi connectivity index (χ2v) is 15.0. The lowest BCUT2D eigenvalue weighted by atomic mass is 9.64. The topological polar surface area (TPSA) is 52.6 Å². The molecule has 204 valence electrons. The van der Waals surface area contributed by atoms with Gasteiger partial charge in [-0.05, 0) is 73.0 Å². The fourth-order valence-corrected chi connectivity index (χ4v) is 7.57. The minimum atomic E-state index is -0.0215. The number of ether oxygens (including phenoxy) is 2. The third kappa shape index (κ3) is 12.2. The lowest BCUT2D eigenvalue weighted by Crippen LogP contribution is -2.38. The van der Waals surface area contributed by atoms with Gasteiger partial charge in [0.15, 0.2) is 0 Å². The van der Waals surface area contributed by atoms with Gasteiger partial charge in [0.25, 0.3) is 0 Å². The van der Waals surface area contributed by atoms with Crippen LogP contribution in [0.15, 0.2) is 0 Å². The summed E-state index contributed by atoms with van der Waals surface area (Å²) >= 11 is 0. The Bertz CT molecular complexity index is 598. The molecule has 2 fully saturated rings. The number of esters is 2. The molecule has 0 radical (unpaired) electrons. The summed E-state index contributed by atoms with van der Waals surface area (Å²) in [4.78, 5) is 24.6. The summed E-state index contributed by atoms with van der Waals surface area (Å²) in [5.74, 6) is -0.0430. The largest absolute Gasteiger partial charge is 0.462 e. The fourth-order valence-electron chi connectivity index (χ4n) is 7.57. The summed E-state index contributed by atoms with van der Waals surface area (Å²) in [6, 6.07) is 0. The number of hydrogen-bond donors (Lipinski definition) is 0. The SMILES string of the molecule is CC1(C)CC(OC(=O)CCCCCCCCCC(=O)OC2CC(C)(C)CC(C)(C)C2)CC(C)(C)C1. The summed E-state index contributed by atoms with van der Waals surface area (Å²) in [5, 5.41) is 0. The van der Waals surface area contributed by atoms with Crippen molar-refractivity contribution in [1.29, 1.82) is 0 Å². The molecule has 0 atom stereocenters. The zero-order valence-electron chi connectivity index (χ0n) is 24.4. The van der Waals surface area contributed by atoms with Gasteiger partial charge in [0.1, 0.15) is 12.2 Å². The molecular formula is C31H56O4. The van der Waals surface area contributed by atoms with Crippen molar-refractivity contribution in [3.8, 4) is 0 Å². The van der Waals surface area contributed by atoms with E-state index in [4.69, 9.17) is 9.47 Å². The fraction of sp³-hybridized carbons (Fsp3) is 0.935. The standard InChI is InChI=1S/C31H56O4/c1-28(2)18-24(19-29(3,4)22-28)34-26(32)16-14-12-10-9-11-13-15-17-27(33)35-25-20-30(5,6)23-31(7,8)21-25/h24-25H,9-23H2,1-8H3. The predicted octanol–water partition coefficient (Wildman–Crippen LogP) is 8.79. The molecule has 0 aliphatic heterocycles. The van der Waals surface area contributed by atoms with Gasteiger partial charge in [-0.25, -0.2) is 0 Å². The van der Waals surface area contributed by atoms with Gasteiger partial charge in [-0.15, -0.1) is 0 Å². The first kappa shape index (κ1) is 30.2. The summed E-state index contributed by atoms with van der Waals surface area (Å²) < 4.78 is 11.7. The van der Waals surface area contributed by atoms with E-state index in [0.29, 0.717) is 12.8 Å². The minimum absolute atomic E-state index is 0.0215. The summed E-state index contributed by atoms with van der Waals surface area (Å²) in [7, 11) is 0. The Kier molecular flexibility index (Phi) is 10.7. The predicted molar refractivity (Wildman–Crippen MR) is 144 cm³/mol. The van der Waals surface area contributed by atoms with Gasteiger partial charge in [0, 0.05) is 12.8 Å². The van der Waals surface area contributed by atoms with Crippen molar-refractivity contribution in [2.45, 2.75) is 164 Å². The summed E-state index contributed by atoms with van der Waals surface area (Å²) in [5.41, 5.74) is 0.973. The molecule has 4 nitrogen and oxygen atoms in total. The van der Waals surface area contributed by atoms with Crippen LogP contribution in [-0.4, -0.2) is 24.1 Å². The zero-order valence-corrected chi connectivity index (χ0v) is 24.4. The first-order valence-electron chi connectivity index (χ1n) is 14.5. The van der Waals surface area contributed by atoms with E-state index in [1.807, 2.05) is 0 Å². The van der Waals surface area contributed by atoms with Crippen molar-refractivity contribution >= 4 is 11.9 Å². The van der Waals surface area contributed by atoms with Crippen molar-refractivity contribution in [3.05, 3.63) is 0 Å². The molecule has 4 heteroatoms. The van der Waals surface area contributed by atoms with E-state index in [2.05, 4.69) is 55.4 Å². The molecule has 0 saturated heterocycles. The third-order valence-corrected chi connectivity index (χ3v) is 7.89. The van der Waals surface area contributed by atoms with Gasteiger partial charge in [-0.3, -0.25) is 9.59 Å². The summed E-state index contributed by atoms with van der Waals surface area (Å²) in [6.07, 6.45) is 15.0. The van der Waals surface area contributed by atoms with Crippen LogP contribution in [0.4, 0.5) is 0 Å². The van der Waals surface area contributed by atoms with Crippen LogP contribution in [0.1, 0.15) is 152 Å². The molecule has 2 aliphatic rings. The Labute approximate surface area is 216 Å². The quantitative estimate of drug-likeness (QED) is 0.202. The maximum absolute atomic E-state index is 12.3. The molecule has 35 heavy (non-hydrogen) atoms. The van der Waals surface area contributed by atoms with Crippen molar-refractivity contribution in [2.75, 3.05) is 0 Å². The van der Waals surface area contributed by atoms with E-state index < -0.39 is 0 Å². The van der Waals surface area contributed by atoms with E-state index >= 15 is 0 Å². The number of unbranched alkanes of at least 4 members (excludes halogenated alkanes) is 6. The molecule has 0 heterocycles. The lowest BCUT2D eigenvalue weighted by molar-refractivity contribution is -0.156. The molecule has 2 aliphatic carbocycles. The molecule has 2 rings (SSSR count). The minimum Gasteiger partial charge on any atom is -0.462 e. The van der Waals surface area contributed by atoms with E-state index in [-0.39, 0.29) is 45.8 Å². The van der Waals surface area contributed by atoms with Crippen LogP contribution < -0.4 is 0 Å². The van der Waals surface area contributed by atoms with Crippen LogP contribution in [0.25, 0.3) is 0 Å². The smallest absolute Gasteiger partial charge is 0.306 e. The van der Waals surface area contributed by atoms with E-state index in [9.17, 15) is 9.59 Å². The zero-order chi connectivity index (χ0) is 26.3. The van der Waals surface area contributed by atoms with E-state index in [1.54, 1.807) is 0 Å². The molecule has 0 N–H and O–H groups in total. The average molecular weight is 493 g/mol. The first-order chi connectivity index (χ1) is 16.1. The van der Waals surface area contributed by atoms with Gasteiger partial charge in [0.2, 0.25) is 0 Å². The highest BCUT2D eigenvalue weighted by atomic mass is 16.5. The Balaban J connectivity index is 1.48. The molecule has 0 aromatic carbocycles. The second-order valence-electron chi connectivity index (χ2n) is 15.0. The molecule has 0 amide bonds. The van der Waals surface area contributed by atoms with Gasteiger partial charge in [0.05, 0.1) is 0 Å². The Morgan fingerprint density at radius 2 is 0.771 bits per heavy atom. The van der Waals surface area contributed by atoms with Gasteiger partial charge >= 0.3 is 11.9 Å². The number of hydrogen-bond acceptors (Lipinski definition) is 4. The Morgan fingerprint density at radius 1 is 0.514 bits per heavy atom. The second kappa shape index (κ2) is 12.5. The van der Waals surface area contributed by atoms with Gasteiger partial charge in [-0.1, -0.05) is 87.5 Å². The van der Waals surface area contributed by atoms with Crippen LogP contribution in [-0.2, 0) is 19.1 Å². The molecule has 0 aromatic rings. The third-order valence-electron chi connectivity index (χ3n) is 7.89. The van der Waals surface area contributed by atoms with Crippen LogP contribution in [0.3, 0.4) is 0 Å². The van der Waals surface area contributed by atoms with Crippen molar-refractivity contribution in [1.82, 2.24) is 0 Å². The van der Waals surface area contributed by atoms with Gasteiger partial charge in [-0.2, -0.15) is 0 Å². The van der Waals surface area contributed by atoms with Crippen LogP contribution in [0, 0.1) is 21.7 Å². The highest BCUT2D eigenvalue weighted by Gasteiger charge is 2.41. The number of carbonyl (C=O) groups is 2. The van der Waals surface area contributed by atoms with Crippen LogP contribution >= 0.6 is 0 Å². The molecule has 0 aromatic heterocycles. The van der Waals surface area contributed by atoms with Crippen LogP contribution in [0.2, 0.25) is 0 Å². The molecule has 0 spiro atoms. The van der Waals surface area contributed by atoms with Crippen molar-refractivity contribution in [2.24, 2.45) is 21.7 Å². The molecule has 0 unspecified atom stereocenters. The highest BCUT2D eigenvalue weighted by molar-refractivity contribution is 5.69. The lowest BCUT2D eigenvalue weighted by Gasteiger charge is -2.44. The molecular weight excluding hydrogens is 436 g/mol. The van der Waals surface area contributed by atoms with Gasteiger partial charge < -0.3 is 9.47 Å². The van der Waals surface area contributed by atoms with Crippen LogP contribution in [0.5, 0.6) is 0 Å². The average Bonchev–Trinajstić information content (AvgIpc) is 2.61. The Hall–Kier alpha value is -1.06. The van der Waals surface area contributed by atoms with Crippen molar-refractivity contribution in [3.63, 3.8) is 0 Å². The molecule has 2 saturated carbocycles. The maximum Gasteiger partial charge on any atom is 0.306 e. The maximum atomic E-state index is 12.3. The Morgan fingerprint density at radius 3 is 1.06 bits per heavy atom.